The minimum absolute atomic E-state index is 0. The molecule has 1 saturated carbocycles. The first-order valence-corrected chi connectivity index (χ1v) is 13.9. The van der Waals surface area contributed by atoms with Crippen molar-refractivity contribution in [1.29, 1.82) is 0 Å². The number of ether oxygens (including phenoxy) is 1. The lowest BCUT2D eigenvalue weighted by Crippen LogP contribution is -2.37. The molecule has 0 radical (unpaired) electrons. The molecule has 1 N–H and O–H groups in total. The van der Waals surface area contributed by atoms with Gasteiger partial charge in [-0.05, 0) is 79.8 Å². The van der Waals surface area contributed by atoms with Crippen molar-refractivity contribution in [3.63, 3.8) is 0 Å². The first kappa shape index (κ1) is 27.7. The molecule has 4 heteroatoms. The molecule has 1 heterocycles. The molecule has 2 aromatic carbocycles. The van der Waals surface area contributed by atoms with Gasteiger partial charge in [-0.3, -0.25) is 10.2 Å². The highest BCUT2D eigenvalue weighted by Crippen LogP contribution is 2.46. The van der Waals surface area contributed by atoms with Gasteiger partial charge in [0.1, 0.15) is 5.75 Å². The van der Waals surface area contributed by atoms with Crippen LogP contribution in [0.5, 0.6) is 5.75 Å². The molecule has 1 aliphatic heterocycles. The highest BCUT2D eigenvalue weighted by molar-refractivity contribution is 5.74. The lowest BCUT2D eigenvalue weighted by molar-refractivity contribution is 0.195. The maximum atomic E-state index is 12.4. The zero-order valence-electron chi connectivity index (χ0n) is 22.6. The number of nitrogens with one attached hydrogen (secondary N) is 1. The molecule has 2 fully saturated rings. The average molecular weight is 491 g/mol. The zero-order valence-corrected chi connectivity index (χ0v) is 22.6. The molecular formula is C32H46N2O2. The van der Waals surface area contributed by atoms with Crippen LogP contribution >= 0.6 is 0 Å². The van der Waals surface area contributed by atoms with Crippen LogP contribution < -0.4 is 10.1 Å². The van der Waals surface area contributed by atoms with E-state index in [1.54, 1.807) is 12.1 Å². The number of amides is 1. The normalized spacial score (nSPS) is 20.8. The van der Waals surface area contributed by atoms with Crippen LogP contribution in [0.1, 0.15) is 60.4 Å². The minimum Gasteiger partial charge on any atom is -0.410 e. The van der Waals surface area contributed by atoms with E-state index in [-0.39, 0.29) is 1.43 Å². The Balaban J connectivity index is 0.000000750. The van der Waals surface area contributed by atoms with Gasteiger partial charge >= 0.3 is 6.09 Å². The monoisotopic (exact) mass is 490 g/mol. The topological polar surface area (TPSA) is 41.6 Å². The Bertz CT molecular complexity index is 982. The Morgan fingerprint density at radius 1 is 0.944 bits per heavy atom. The quantitative estimate of drug-likeness (QED) is 0.448. The molecule has 0 spiro atoms. The van der Waals surface area contributed by atoms with E-state index in [0.717, 1.165) is 31.2 Å². The summed E-state index contributed by atoms with van der Waals surface area (Å²) in [5, 5.41) is 3.01. The van der Waals surface area contributed by atoms with Crippen molar-refractivity contribution in [3.05, 3.63) is 89.6 Å². The van der Waals surface area contributed by atoms with E-state index in [1.165, 1.54) is 43.2 Å². The molecule has 1 amide bonds. The first-order chi connectivity index (χ1) is 17.6. The number of rotatable bonds is 6. The Morgan fingerprint density at radius 3 is 2.17 bits per heavy atom. The van der Waals surface area contributed by atoms with Gasteiger partial charge in [-0.2, -0.15) is 0 Å². The fourth-order valence-corrected chi connectivity index (χ4v) is 4.82. The second-order valence-corrected chi connectivity index (χ2v) is 9.78. The lowest BCUT2D eigenvalue weighted by Gasteiger charge is -2.33. The molecule has 2 aromatic rings. The van der Waals surface area contributed by atoms with Crippen molar-refractivity contribution in [2.24, 2.45) is 17.8 Å². The molecule has 2 atom stereocenters. The van der Waals surface area contributed by atoms with Gasteiger partial charge in [0.15, 0.2) is 0 Å². The van der Waals surface area contributed by atoms with Gasteiger partial charge in [-0.1, -0.05) is 94.8 Å². The lowest BCUT2D eigenvalue weighted by atomic mass is 9.90. The third-order valence-corrected chi connectivity index (χ3v) is 6.69. The second-order valence-electron chi connectivity index (χ2n) is 9.78. The van der Waals surface area contributed by atoms with Crippen LogP contribution in [-0.2, 0) is 6.42 Å². The van der Waals surface area contributed by atoms with Gasteiger partial charge in [0.25, 0.3) is 0 Å². The standard InChI is InChI=1S/C27H30N2O2.C3H8.C2H6.H2/c30-27(31-25-9-5-2-6-10-25)28-26-18-23-16-22(23)17-24(26)19-29-13-11-21(12-14-29)15-20-7-3-1-4-8-20;1-3-2;1-2;/h1-10,17-18,21-23H,11-16,19H2,(H,28,30);3H2,1-2H3;1-2H3;1H. The molecule has 196 valence electrons. The predicted molar refractivity (Wildman–Crippen MR) is 152 cm³/mol. The Labute approximate surface area is 219 Å². The number of carbonyl (C=O) groups excluding carboxylic acids is 1. The molecule has 1 saturated heterocycles. The number of hydrogen-bond acceptors (Lipinski definition) is 3. The van der Waals surface area contributed by atoms with Crippen molar-refractivity contribution in [2.75, 3.05) is 19.6 Å². The minimum atomic E-state index is -0.413. The first-order valence-electron chi connectivity index (χ1n) is 13.9. The number of para-hydroxylation sites is 1. The van der Waals surface area contributed by atoms with E-state index in [2.05, 4.69) is 66.5 Å². The Hall–Kier alpha value is -2.85. The molecule has 2 aliphatic carbocycles. The summed E-state index contributed by atoms with van der Waals surface area (Å²) in [6, 6.07) is 20.1. The molecule has 3 aliphatic rings. The smallest absolute Gasteiger partial charge is 0.410 e. The number of hydrogen-bond donors (Lipinski definition) is 1. The van der Waals surface area contributed by atoms with Crippen LogP contribution in [0.3, 0.4) is 0 Å². The van der Waals surface area contributed by atoms with E-state index >= 15 is 0 Å². The Kier molecular flexibility index (Phi) is 11.3. The van der Waals surface area contributed by atoms with Gasteiger partial charge in [-0.25, -0.2) is 4.79 Å². The van der Waals surface area contributed by atoms with Crippen LogP contribution in [0.4, 0.5) is 4.79 Å². The zero-order chi connectivity index (χ0) is 25.8. The third kappa shape index (κ3) is 8.67. The van der Waals surface area contributed by atoms with E-state index in [9.17, 15) is 4.79 Å². The maximum absolute atomic E-state index is 12.4. The third-order valence-electron chi connectivity index (χ3n) is 6.69. The summed E-state index contributed by atoms with van der Waals surface area (Å²) in [6.45, 7) is 11.4. The highest BCUT2D eigenvalue weighted by atomic mass is 16.6. The van der Waals surface area contributed by atoms with Gasteiger partial charge in [0.05, 0.1) is 0 Å². The molecule has 4 nitrogen and oxygen atoms in total. The van der Waals surface area contributed by atoms with E-state index in [0.29, 0.717) is 17.6 Å². The number of fused-ring (bicyclic) bond motifs is 1. The van der Waals surface area contributed by atoms with Crippen molar-refractivity contribution >= 4 is 6.09 Å². The number of nitrogens with zero attached hydrogens (tertiary/aromatic N) is 1. The average Bonchev–Trinajstić information content (AvgIpc) is 3.66. The summed E-state index contributed by atoms with van der Waals surface area (Å²) in [5.41, 5.74) is 3.62. The summed E-state index contributed by atoms with van der Waals surface area (Å²) in [7, 11) is 0. The van der Waals surface area contributed by atoms with Gasteiger partial charge in [-0.15, -0.1) is 0 Å². The van der Waals surface area contributed by atoms with Crippen molar-refractivity contribution in [1.82, 2.24) is 10.2 Å². The summed E-state index contributed by atoms with van der Waals surface area (Å²) in [6.07, 6.45) is 10.3. The van der Waals surface area contributed by atoms with E-state index in [4.69, 9.17) is 4.74 Å². The number of carbonyl (C=O) groups is 1. The largest absolute Gasteiger partial charge is 0.417 e. The van der Waals surface area contributed by atoms with Crippen molar-refractivity contribution in [2.45, 2.75) is 59.8 Å². The van der Waals surface area contributed by atoms with Gasteiger partial charge in [0.2, 0.25) is 0 Å². The number of likely N-dealkylation sites (tertiary alicyclic amines) is 1. The number of benzene rings is 2. The fourth-order valence-electron chi connectivity index (χ4n) is 4.82. The van der Waals surface area contributed by atoms with Crippen LogP contribution in [0, 0.1) is 17.8 Å². The summed E-state index contributed by atoms with van der Waals surface area (Å²) >= 11 is 0. The molecule has 36 heavy (non-hydrogen) atoms. The van der Waals surface area contributed by atoms with Crippen LogP contribution in [0.15, 0.2) is 84.1 Å². The Morgan fingerprint density at radius 2 is 1.53 bits per heavy atom. The summed E-state index contributed by atoms with van der Waals surface area (Å²) in [5.74, 6) is 2.56. The second kappa shape index (κ2) is 14.6. The molecular weight excluding hydrogens is 444 g/mol. The van der Waals surface area contributed by atoms with E-state index in [1.807, 2.05) is 32.0 Å². The van der Waals surface area contributed by atoms with Crippen LogP contribution in [0.25, 0.3) is 0 Å². The summed E-state index contributed by atoms with van der Waals surface area (Å²) in [4.78, 5) is 15.0. The predicted octanol–water partition coefficient (Wildman–Crippen LogP) is 7.88. The number of piperidine rings is 1. The van der Waals surface area contributed by atoms with Gasteiger partial charge in [0, 0.05) is 13.7 Å². The maximum Gasteiger partial charge on any atom is 0.417 e. The van der Waals surface area contributed by atoms with Crippen molar-refractivity contribution in [3.8, 4) is 5.75 Å². The molecule has 2 unspecified atom stereocenters. The van der Waals surface area contributed by atoms with Gasteiger partial charge < -0.3 is 4.74 Å². The van der Waals surface area contributed by atoms with Crippen LogP contribution in [0.2, 0.25) is 0 Å². The number of allylic oxidation sites excluding steroid dienone is 2. The molecule has 0 aromatic heterocycles. The summed E-state index contributed by atoms with van der Waals surface area (Å²) < 4.78 is 5.44. The van der Waals surface area contributed by atoms with E-state index < -0.39 is 6.09 Å². The highest BCUT2D eigenvalue weighted by Gasteiger charge is 2.38. The molecule has 0 bridgehead atoms. The van der Waals surface area contributed by atoms with Crippen molar-refractivity contribution < 1.29 is 11.0 Å². The molecule has 5 rings (SSSR count). The SMILES string of the molecule is CC.CCC.O=C(NC1=CC2CC2C=C1CN1CCC(Cc2ccccc2)CC1)Oc1ccccc1.[HH]. The fraction of sp³-hybridized carbons (Fsp3) is 0.469. The van der Waals surface area contributed by atoms with Crippen LogP contribution in [-0.4, -0.2) is 30.6 Å².